The maximum absolute atomic E-state index is 12.6. The van der Waals surface area contributed by atoms with Crippen molar-refractivity contribution >= 4 is 23.9 Å². The number of carbonyl (C=O) groups excluding carboxylic acids is 4. The lowest BCUT2D eigenvalue weighted by atomic mass is 10.1. The van der Waals surface area contributed by atoms with Crippen molar-refractivity contribution in [2.75, 3.05) is 20.8 Å². The molecule has 10 nitrogen and oxygen atoms in total. The maximum Gasteiger partial charge on any atom is 0.343 e. The van der Waals surface area contributed by atoms with Gasteiger partial charge in [0.2, 0.25) is 0 Å². The number of carbonyl (C=O) groups is 4. The first-order chi connectivity index (χ1) is 18.3. The minimum absolute atomic E-state index is 0.0744. The molecule has 2 aromatic rings. The molecule has 2 aromatic carbocycles. The Kier molecular flexibility index (Phi) is 12.8. The molecule has 0 amide bonds. The van der Waals surface area contributed by atoms with Crippen molar-refractivity contribution in [2.45, 2.75) is 57.7 Å². The van der Waals surface area contributed by atoms with Crippen molar-refractivity contribution in [3.05, 3.63) is 59.7 Å². The fourth-order valence-electron chi connectivity index (χ4n) is 3.33. The van der Waals surface area contributed by atoms with Crippen LogP contribution in [-0.4, -0.2) is 62.0 Å². The molecule has 2 rings (SSSR count). The zero-order valence-corrected chi connectivity index (χ0v) is 21.8. The van der Waals surface area contributed by atoms with Crippen LogP contribution in [0.3, 0.4) is 0 Å². The van der Waals surface area contributed by atoms with Gasteiger partial charge in [0, 0.05) is 0 Å². The monoisotopic (exact) mass is 530 g/mol. The first-order valence-corrected chi connectivity index (χ1v) is 12.3. The number of methoxy groups -OCH3 is 2. The first kappa shape index (κ1) is 30.3. The van der Waals surface area contributed by atoms with Crippen LogP contribution in [0.15, 0.2) is 48.5 Å². The average Bonchev–Trinajstić information content (AvgIpc) is 2.92. The molecule has 1 N–H and O–H groups in total. The Morgan fingerprint density at radius 2 is 1.29 bits per heavy atom. The molecule has 0 fully saturated rings. The summed E-state index contributed by atoms with van der Waals surface area (Å²) >= 11 is 0. The quantitative estimate of drug-likeness (QED) is 0.156. The third-order valence-electron chi connectivity index (χ3n) is 5.54. The average molecular weight is 531 g/mol. The molecule has 206 valence electrons. The van der Waals surface area contributed by atoms with Gasteiger partial charge in [-0.1, -0.05) is 26.2 Å². The summed E-state index contributed by atoms with van der Waals surface area (Å²) in [6, 6.07) is 12.2. The van der Waals surface area contributed by atoms with E-state index in [0.29, 0.717) is 17.9 Å². The molecule has 0 heterocycles. The Morgan fingerprint density at radius 3 is 1.87 bits per heavy atom. The minimum atomic E-state index is -1.48. The lowest BCUT2D eigenvalue weighted by Gasteiger charge is -2.21. The van der Waals surface area contributed by atoms with Crippen LogP contribution in [0, 0.1) is 0 Å². The van der Waals surface area contributed by atoms with Gasteiger partial charge >= 0.3 is 23.9 Å². The molecule has 0 bridgehead atoms. The molecule has 2 atom stereocenters. The van der Waals surface area contributed by atoms with Crippen molar-refractivity contribution in [3.63, 3.8) is 0 Å². The highest BCUT2D eigenvalue weighted by atomic mass is 16.6. The number of rotatable bonds is 15. The third-order valence-corrected chi connectivity index (χ3v) is 5.54. The van der Waals surface area contributed by atoms with Crippen molar-refractivity contribution < 1.29 is 48.0 Å². The molecule has 0 aliphatic rings. The van der Waals surface area contributed by atoms with E-state index in [1.165, 1.54) is 30.7 Å². The molecular weight excluding hydrogens is 496 g/mol. The topological polar surface area (TPSA) is 135 Å². The van der Waals surface area contributed by atoms with Gasteiger partial charge in [-0.15, -0.1) is 0 Å². The van der Waals surface area contributed by atoms with Crippen LogP contribution < -0.4 is 9.47 Å². The highest BCUT2D eigenvalue weighted by Gasteiger charge is 2.29. The Balaban J connectivity index is 1.94. The van der Waals surface area contributed by atoms with E-state index >= 15 is 0 Å². The van der Waals surface area contributed by atoms with E-state index in [1.54, 1.807) is 24.3 Å². The summed E-state index contributed by atoms with van der Waals surface area (Å²) in [5.74, 6) is -2.05. The Hall–Kier alpha value is -3.92. The van der Waals surface area contributed by atoms with E-state index < -0.39 is 48.9 Å². The summed E-state index contributed by atoms with van der Waals surface area (Å²) < 4.78 is 25.3. The van der Waals surface area contributed by atoms with Gasteiger partial charge in [0.1, 0.15) is 23.7 Å². The van der Waals surface area contributed by atoms with E-state index in [1.807, 2.05) is 0 Å². The van der Waals surface area contributed by atoms with Crippen LogP contribution in [0.2, 0.25) is 0 Å². The van der Waals surface area contributed by atoms with E-state index in [2.05, 4.69) is 16.4 Å². The Morgan fingerprint density at radius 1 is 0.737 bits per heavy atom. The van der Waals surface area contributed by atoms with E-state index in [-0.39, 0.29) is 11.3 Å². The van der Waals surface area contributed by atoms with Crippen LogP contribution in [0.1, 0.15) is 66.2 Å². The van der Waals surface area contributed by atoms with Gasteiger partial charge in [-0.05, 0) is 55.0 Å². The second kappa shape index (κ2) is 16.0. The van der Waals surface area contributed by atoms with Gasteiger partial charge in [-0.25, -0.2) is 9.59 Å². The molecule has 0 spiro atoms. The van der Waals surface area contributed by atoms with Gasteiger partial charge in [-0.3, -0.25) is 9.59 Å². The number of esters is 4. The van der Waals surface area contributed by atoms with Crippen LogP contribution in [0.4, 0.5) is 0 Å². The molecule has 0 saturated carbocycles. The fourth-order valence-corrected chi connectivity index (χ4v) is 3.33. The van der Waals surface area contributed by atoms with Crippen LogP contribution in [0.25, 0.3) is 0 Å². The van der Waals surface area contributed by atoms with Crippen LogP contribution in [-0.2, 0) is 23.8 Å². The summed E-state index contributed by atoms with van der Waals surface area (Å²) in [7, 11) is 2.29. The van der Waals surface area contributed by atoms with Gasteiger partial charge in [0.15, 0.2) is 0 Å². The molecule has 0 aliphatic heterocycles. The van der Waals surface area contributed by atoms with Crippen molar-refractivity contribution in [3.8, 4) is 11.5 Å². The maximum atomic E-state index is 12.6. The number of ether oxygens (including phenoxy) is 5. The number of aliphatic hydroxyl groups is 1. The SMILES string of the molecule is CCCCCCOc1ccc(C(=O)Oc2ccc(C(=O)O[C@H](CC(=O)OC)[C@H](O)CC(=O)OC)cc2)cc1. The van der Waals surface area contributed by atoms with Crippen LogP contribution >= 0.6 is 0 Å². The number of benzene rings is 2. The first-order valence-electron chi connectivity index (χ1n) is 12.3. The van der Waals surface area contributed by atoms with E-state index in [9.17, 15) is 24.3 Å². The zero-order valence-electron chi connectivity index (χ0n) is 21.8. The number of hydrogen-bond donors (Lipinski definition) is 1. The summed E-state index contributed by atoms with van der Waals surface area (Å²) in [5, 5.41) is 10.2. The fraction of sp³-hybridized carbons (Fsp3) is 0.429. The van der Waals surface area contributed by atoms with Crippen molar-refractivity contribution in [1.29, 1.82) is 0 Å². The van der Waals surface area contributed by atoms with Crippen molar-refractivity contribution in [1.82, 2.24) is 0 Å². The number of hydrogen-bond acceptors (Lipinski definition) is 10. The highest BCUT2D eigenvalue weighted by Crippen LogP contribution is 2.19. The molecule has 0 unspecified atom stereocenters. The lowest BCUT2D eigenvalue weighted by molar-refractivity contribution is -0.150. The third kappa shape index (κ3) is 10.2. The Labute approximate surface area is 221 Å². The molecule has 38 heavy (non-hydrogen) atoms. The second-order valence-corrected chi connectivity index (χ2v) is 8.42. The molecule has 0 saturated heterocycles. The lowest BCUT2D eigenvalue weighted by Crippen LogP contribution is -2.35. The predicted octanol–water partition coefficient (Wildman–Crippen LogP) is 3.88. The molecular formula is C28H34O10. The number of unbranched alkanes of at least 4 members (excludes halogenated alkanes) is 3. The predicted molar refractivity (Wildman–Crippen MR) is 136 cm³/mol. The molecule has 0 aliphatic carbocycles. The summed E-state index contributed by atoms with van der Waals surface area (Å²) in [4.78, 5) is 48.2. The molecule has 0 radical (unpaired) electrons. The Bertz CT molecular complexity index is 1050. The zero-order chi connectivity index (χ0) is 27.9. The van der Waals surface area contributed by atoms with Gasteiger partial charge in [0.25, 0.3) is 0 Å². The number of aliphatic hydroxyl groups excluding tert-OH is 1. The van der Waals surface area contributed by atoms with E-state index in [4.69, 9.17) is 14.2 Å². The van der Waals surface area contributed by atoms with Crippen LogP contribution in [0.5, 0.6) is 11.5 Å². The van der Waals surface area contributed by atoms with Gasteiger partial charge < -0.3 is 28.8 Å². The molecule has 0 aromatic heterocycles. The second-order valence-electron chi connectivity index (χ2n) is 8.42. The standard InChI is InChI=1S/C28H34O10/c1-4-5-6-7-16-36-21-12-8-19(9-13-21)27(32)37-22-14-10-20(11-15-22)28(33)38-24(18-26(31)35-3)23(29)17-25(30)34-2/h8-15,23-24,29H,4-7,16-18H2,1-3H3/t23-,24-/m1/s1. The van der Waals surface area contributed by atoms with Crippen molar-refractivity contribution in [2.24, 2.45) is 0 Å². The van der Waals surface area contributed by atoms with Gasteiger partial charge in [0.05, 0.1) is 44.8 Å². The summed E-state index contributed by atoms with van der Waals surface area (Å²) in [6.45, 7) is 2.76. The van der Waals surface area contributed by atoms with E-state index in [0.717, 1.165) is 33.5 Å². The highest BCUT2D eigenvalue weighted by molar-refractivity contribution is 5.92. The smallest absolute Gasteiger partial charge is 0.343 e. The normalized spacial score (nSPS) is 12.1. The van der Waals surface area contributed by atoms with Gasteiger partial charge in [-0.2, -0.15) is 0 Å². The molecule has 10 heteroatoms. The summed E-state index contributed by atoms with van der Waals surface area (Å²) in [5.41, 5.74) is 0.405. The largest absolute Gasteiger partial charge is 0.494 e. The summed E-state index contributed by atoms with van der Waals surface area (Å²) in [6.07, 6.45) is 0.657. The minimum Gasteiger partial charge on any atom is -0.494 e.